The highest BCUT2D eigenvalue weighted by molar-refractivity contribution is 5.22. The second-order valence-corrected chi connectivity index (χ2v) is 5.84. The number of hydrogen-bond donors (Lipinski definition) is 1. The van der Waals surface area contributed by atoms with E-state index in [2.05, 4.69) is 57.3 Å². The van der Waals surface area contributed by atoms with E-state index in [4.69, 9.17) is 0 Å². The first-order valence-electron chi connectivity index (χ1n) is 7.38. The molecule has 1 aromatic carbocycles. The first kappa shape index (κ1) is 15.2. The van der Waals surface area contributed by atoms with Crippen LogP contribution in [0.25, 0.3) is 0 Å². The second kappa shape index (κ2) is 8.31. The molecule has 0 spiro atoms. The maximum absolute atomic E-state index is 3.51. The zero-order chi connectivity index (χ0) is 13.4. The van der Waals surface area contributed by atoms with E-state index in [1.54, 1.807) is 0 Å². The molecule has 0 amide bonds. The third-order valence-corrected chi connectivity index (χ3v) is 3.44. The topological polar surface area (TPSA) is 12.0 Å². The lowest BCUT2D eigenvalue weighted by Gasteiger charge is -2.18. The van der Waals surface area contributed by atoms with Gasteiger partial charge < -0.3 is 5.32 Å². The standard InChI is InChI=1S/C17H29N/c1-5-18-13-17(10-9-14(2)3)12-16-8-6-7-15(4)11-16/h6-8,11,14,17-18H,5,9-10,12-13H2,1-4H3. The van der Waals surface area contributed by atoms with Crippen molar-refractivity contribution in [3.8, 4) is 0 Å². The SMILES string of the molecule is CCNCC(CCC(C)C)Cc1cccc(C)c1. The molecule has 0 aliphatic heterocycles. The molecule has 1 atom stereocenters. The van der Waals surface area contributed by atoms with Crippen LogP contribution in [-0.4, -0.2) is 13.1 Å². The van der Waals surface area contributed by atoms with Crippen LogP contribution in [-0.2, 0) is 6.42 Å². The average molecular weight is 247 g/mol. The Morgan fingerprint density at radius 2 is 1.94 bits per heavy atom. The Hall–Kier alpha value is -0.820. The molecule has 1 nitrogen and oxygen atoms in total. The van der Waals surface area contributed by atoms with E-state index in [-0.39, 0.29) is 0 Å². The molecule has 0 fully saturated rings. The van der Waals surface area contributed by atoms with Gasteiger partial charge in [-0.2, -0.15) is 0 Å². The van der Waals surface area contributed by atoms with Crippen LogP contribution in [0.4, 0.5) is 0 Å². The number of benzene rings is 1. The van der Waals surface area contributed by atoms with Crippen LogP contribution in [0.15, 0.2) is 24.3 Å². The molecule has 1 rings (SSSR count). The van der Waals surface area contributed by atoms with Crippen molar-refractivity contribution >= 4 is 0 Å². The van der Waals surface area contributed by atoms with Crippen molar-refractivity contribution in [1.29, 1.82) is 0 Å². The largest absolute Gasteiger partial charge is 0.317 e. The fraction of sp³-hybridized carbons (Fsp3) is 0.647. The fourth-order valence-corrected chi connectivity index (χ4v) is 2.37. The number of nitrogens with one attached hydrogen (secondary N) is 1. The fourth-order valence-electron chi connectivity index (χ4n) is 2.37. The number of aryl methyl sites for hydroxylation is 1. The Kier molecular flexibility index (Phi) is 7.04. The molecule has 1 aromatic rings. The van der Waals surface area contributed by atoms with E-state index in [0.29, 0.717) is 0 Å². The zero-order valence-electron chi connectivity index (χ0n) is 12.5. The molecule has 0 aliphatic carbocycles. The molecule has 0 aromatic heterocycles. The predicted molar refractivity (Wildman–Crippen MR) is 81.0 cm³/mol. The van der Waals surface area contributed by atoms with Crippen LogP contribution in [0.3, 0.4) is 0 Å². The number of hydrogen-bond acceptors (Lipinski definition) is 1. The van der Waals surface area contributed by atoms with Gasteiger partial charge in [-0.15, -0.1) is 0 Å². The second-order valence-electron chi connectivity index (χ2n) is 5.84. The Morgan fingerprint density at radius 3 is 2.56 bits per heavy atom. The minimum absolute atomic E-state index is 0.772. The molecular weight excluding hydrogens is 218 g/mol. The molecule has 1 heteroatoms. The van der Waals surface area contributed by atoms with E-state index < -0.39 is 0 Å². The summed E-state index contributed by atoms with van der Waals surface area (Å²) < 4.78 is 0. The minimum atomic E-state index is 0.772. The highest BCUT2D eigenvalue weighted by Gasteiger charge is 2.10. The van der Waals surface area contributed by atoms with Gasteiger partial charge >= 0.3 is 0 Å². The van der Waals surface area contributed by atoms with E-state index >= 15 is 0 Å². The molecule has 18 heavy (non-hydrogen) atoms. The van der Waals surface area contributed by atoms with Crippen molar-refractivity contribution in [2.24, 2.45) is 11.8 Å². The van der Waals surface area contributed by atoms with E-state index in [9.17, 15) is 0 Å². The van der Waals surface area contributed by atoms with Crippen molar-refractivity contribution in [3.63, 3.8) is 0 Å². The molecule has 1 N–H and O–H groups in total. The summed E-state index contributed by atoms with van der Waals surface area (Å²) in [4.78, 5) is 0. The maximum atomic E-state index is 3.51. The molecule has 0 bridgehead atoms. The number of rotatable bonds is 8. The van der Waals surface area contributed by atoms with Gasteiger partial charge in [-0.25, -0.2) is 0 Å². The summed E-state index contributed by atoms with van der Waals surface area (Å²) in [5.74, 6) is 1.58. The monoisotopic (exact) mass is 247 g/mol. The van der Waals surface area contributed by atoms with Crippen LogP contribution < -0.4 is 5.32 Å². The van der Waals surface area contributed by atoms with Gasteiger partial charge in [-0.3, -0.25) is 0 Å². The lowest BCUT2D eigenvalue weighted by molar-refractivity contribution is 0.402. The maximum Gasteiger partial charge on any atom is -0.00175 e. The molecule has 0 radical (unpaired) electrons. The molecule has 102 valence electrons. The van der Waals surface area contributed by atoms with Crippen molar-refractivity contribution < 1.29 is 0 Å². The third kappa shape index (κ3) is 6.20. The quantitative estimate of drug-likeness (QED) is 0.726. The summed E-state index contributed by atoms with van der Waals surface area (Å²) in [7, 11) is 0. The Bertz CT molecular complexity index is 330. The highest BCUT2D eigenvalue weighted by atomic mass is 14.8. The summed E-state index contributed by atoms with van der Waals surface area (Å²) >= 11 is 0. The molecule has 0 aliphatic rings. The van der Waals surface area contributed by atoms with Crippen molar-refractivity contribution in [2.75, 3.05) is 13.1 Å². The normalized spacial score (nSPS) is 12.9. The Morgan fingerprint density at radius 1 is 1.17 bits per heavy atom. The van der Waals surface area contributed by atoms with Crippen molar-refractivity contribution in [2.45, 2.75) is 47.0 Å². The van der Waals surface area contributed by atoms with Crippen molar-refractivity contribution in [1.82, 2.24) is 5.32 Å². The predicted octanol–water partition coefficient (Wildman–Crippen LogP) is 4.20. The molecule has 0 saturated carbocycles. The summed E-state index contributed by atoms with van der Waals surface area (Å²) in [5, 5.41) is 3.51. The van der Waals surface area contributed by atoms with E-state index in [0.717, 1.165) is 24.9 Å². The van der Waals surface area contributed by atoms with Crippen LogP contribution in [0.1, 0.15) is 44.7 Å². The minimum Gasteiger partial charge on any atom is -0.317 e. The van der Waals surface area contributed by atoms with Gasteiger partial charge in [-0.05, 0) is 50.3 Å². The summed E-state index contributed by atoms with van der Waals surface area (Å²) in [6.45, 7) is 11.2. The first-order chi connectivity index (χ1) is 8.61. The zero-order valence-corrected chi connectivity index (χ0v) is 12.5. The Balaban J connectivity index is 2.53. The lowest BCUT2D eigenvalue weighted by atomic mass is 9.91. The lowest BCUT2D eigenvalue weighted by Crippen LogP contribution is -2.24. The van der Waals surface area contributed by atoms with Crippen LogP contribution in [0, 0.1) is 18.8 Å². The van der Waals surface area contributed by atoms with Gasteiger partial charge in [0.05, 0.1) is 0 Å². The smallest absolute Gasteiger partial charge is 0.00175 e. The molecule has 0 saturated heterocycles. The third-order valence-electron chi connectivity index (χ3n) is 3.44. The summed E-state index contributed by atoms with van der Waals surface area (Å²) in [5.41, 5.74) is 2.86. The Labute approximate surface area is 113 Å². The van der Waals surface area contributed by atoms with Gasteiger partial charge in [0.1, 0.15) is 0 Å². The molecule has 1 unspecified atom stereocenters. The van der Waals surface area contributed by atoms with Gasteiger partial charge in [-0.1, -0.05) is 57.0 Å². The van der Waals surface area contributed by atoms with Crippen molar-refractivity contribution in [3.05, 3.63) is 35.4 Å². The van der Waals surface area contributed by atoms with Crippen LogP contribution >= 0.6 is 0 Å². The van der Waals surface area contributed by atoms with Gasteiger partial charge in [0.2, 0.25) is 0 Å². The van der Waals surface area contributed by atoms with Gasteiger partial charge in [0.25, 0.3) is 0 Å². The summed E-state index contributed by atoms with van der Waals surface area (Å²) in [6.07, 6.45) is 3.88. The summed E-state index contributed by atoms with van der Waals surface area (Å²) in [6, 6.07) is 8.95. The highest BCUT2D eigenvalue weighted by Crippen LogP contribution is 2.17. The van der Waals surface area contributed by atoms with E-state index in [1.165, 1.54) is 30.4 Å². The van der Waals surface area contributed by atoms with Crippen LogP contribution in [0.2, 0.25) is 0 Å². The average Bonchev–Trinajstić information content (AvgIpc) is 2.32. The van der Waals surface area contributed by atoms with Gasteiger partial charge in [0.15, 0.2) is 0 Å². The van der Waals surface area contributed by atoms with Crippen LogP contribution in [0.5, 0.6) is 0 Å². The van der Waals surface area contributed by atoms with E-state index in [1.807, 2.05) is 0 Å². The first-order valence-corrected chi connectivity index (χ1v) is 7.38. The molecule has 0 heterocycles. The van der Waals surface area contributed by atoms with Gasteiger partial charge in [0, 0.05) is 0 Å². The molecular formula is C17H29N.